The second-order valence-corrected chi connectivity index (χ2v) is 5.02. The van der Waals surface area contributed by atoms with Gasteiger partial charge in [-0.3, -0.25) is 4.79 Å². The van der Waals surface area contributed by atoms with Crippen LogP contribution in [0, 0.1) is 5.92 Å². The number of nitrogens with one attached hydrogen (secondary N) is 1. The highest BCUT2D eigenvalue weighted by Gasteiger charge is 2.11. The summed E-state index contributed by atoms with van der Waals surface area (Å²) in [6.45, 7) is 9.01. The summed E-state index contributed by atoms with van der Waals surface area (Å²) < 4.78 is 7.30. The molecule has 0 aliphatic heterocycles. The first-order valence-corrected chi connectivity index (χ1v) is 6.86. The minimum atomic E-state index is -0.0811. The lowest BCUT2D eigenvalue weighted by molar-refractivity contribution is 0.0917. The zero-order valence-electron chi connectivity index (χ0n) is 12.1. The number of hydrogen-bond donors (Lipinski definition) is 2. The molecule has 0 aromatic carbocycles. The molecule has 0 atom stereocenters. The Bertz CT molecular complexity index is 399. The smallest absolute Gasteiger partial charge is 0.267 e. The minimum Gasteiger partial charge on any atom is -0.397 e. The van der Waals surface area contributed by atoms with E-state index in [1.165, 1.54) is 0 Å². The summed E-state index contributed by atoms with van der Waals surface area (Å²) in [5.74, 6) is 0.466. The Kier molecular flexibility index (Phi) is 6.42. The number of hydrogen-bond acceptors (Lipinski definition) is 3. The molecule has 0 aliphatic carbocycles. The maximum absolute atomic E-state index is 12.0. The molecule has 0 radical (unpaired) electrons. The molecule has 1 rings (SSSR count). The zero-order valence-corrected chi connectivity index (χ0v) is 12.1. The van der Waals surface area contributed by atoms with Gasteiger partial charge in [-0.05, 0) is 25.3 Å². The number of anilines is 1. The highest BCUT2D eigenvalue weighted by atomic mass is 16.5. The summed E-state index contributed by atoms with van der Waals surface area (Å²) in [6.07, 6.45) is 2.60. The van der Waals surface area contributed by atoms with Gasteiger partial charge in [0.05, 0.1) is 5.69 Å². The number of nitrogens with zero attached hydrogens (tertiary/aromatic N) is 1. The Morgan fingerprint density at radius 1 is 1.53 bits per heavy atom. The van der Waals surface area contributed by atoms with Crippen LogP contribution in [0.25, 0.3) is 0 Å². The molecule has 0 aliphatic rings. The molecule has 5 nitrogen and oxygen atoms in total. The summed E-state index contributed by atoms with van der Waals surface area (Å²) in [5, 5.41) is 2.88. The van der Waals surface area contributed by atoms with Gasteiger partial charge in [-0.1, -0.05) is 13.8 Å². The number of aryl methyl sites for hydroxylation is 1. The van der Waals surface area contributed by atoms with Gasteiger partial charge in [-0.25, -0.2) is 0 Å². The highest BCUT2D eigenvalue weighted by Crippen LogP contribution is 2.10. The van der Waals surface area contributed by atoms with Crippen molar-refractivity contribution in [3.63, 3.8) is 0 Å². The maximum Gasteiger partial charge on any atom is 0.267 e. The number of rotatable bonds is 8. The van der Waals surface area contributed by atoms with Crippen molar-refractivity contribution in [2.24, 2.45) is 5.92 Å². The van der Waals surface area contributed by atoms with Crippen molar-refractivity contribution in [2.75, 3.05) is 25.5 Å². The number of amides is 1. The first-order chi connectivity index (χ1) is 9.04. The normalized spacial score (nSPS) is 10.9. The molecule has 1 aromatic rings. The lowest BCUT2D eigenvalue weighted by Gasteiger charge is -2.09. The van der Waals surface area contributed by atoms with E-state index in [0.29, 0.717) is 30.5 Å². The van der Waals surface area contributed by atoms with E-state index in [0.717, 1.165) is 19.6 Å². The van der Waals surface area contributed by atoms with Gasteiger partial charge in [-0.2, -0.15) is 0 Å². The van der Waals surface area contributed by atoms with E-state index in [1.807, 2.05) is 11.5 Å². The van der Waals surface area contributed by atoms with Gasteiger partial charge in [0, 0.05) is 32.5 Å². The predicted molar refractivity (Wildman–Crippen MR) is 77.1 cm³/mol. The van der Waals surface area contributed by atoms with Crippen LogP contribution in [0.3, 0.4) is 0 Å². The Morgan fingerprint density at radius 2 is 2.26 bits per heavy atom. The quantitative estimate of drug-likeness (QED) is 0.707. The predicted octanol–water partition coefficient (Wildman–Crippen LogP) is 1.88. The van der Waals surface area contributed by atoms with E-state index >= 15 is 0 Å². The van der Waals surface area contributed by atoms with Gasteiger partial charge < -0.3 is 20.4 Å². The van der Waals surface area contributed by atoms with Crippen molar-refractivity contribution in [3.8, 4) is 0 Å². The van der Waals surface area contributed by atoms with E-state index in [9.17, 15) is 4.79 Å². The molecule has 0 unspecified atom stereocenters. The van der Waals surface area contributed by atoms with Crippen LogP contribution in [0.4, 0.5) is 5.69 Å². The van der Waals surface area contributed by atoms with Gasteiger partial charge in [0.15, 0.2) is 0 Å². The summed E-state index contributed by atoms with van der Waals surface area (Å²) >= 11 is 0. The van der Waals surface area contributed by atoms with Crippen LogP contribution in [0.15, 0.2) is 12.3 Å². The van der Waals surface area contributed by atoms with Crippen molar-refractivity contribution in [1.82, 2.24) is 9.88 Å². The summed E-state index contributed by atoms with van der Waals surface area (Å²) in [6, 6.07) is 1.70. The number of nitrogens with two attached hydrogens (primary N) is 1. The van der Waals surface area contributed by atoms with Crippen molar-refractivity contribution in [3.05, 3.63) is 18.0 Å². The van der Waals surface area contributed by atoms with E-state index < -0.39 is 0 Å². The first-order valence-electron chi connectivity index (χ1n) is 6.86. The lowest BCUT2D eigenvalue weighted by atomic mass is 10.2. The summed E-state index contributed by atoms with van der Waals surface area (Å²) in [5.41, 5.74) is 6.93. The molecule has 5 heteroatoms. The molecule has 0 spiro atoms. The van der Waals surface area contributed by atoms with Crippen LogP contribution in [-0.4, -0.2) is 30.2 Å². The third kappa shape index (κ3) is 5.34. The topological polar surface area (TPSA) is 69.3 Å². The Balaban J connectivity index is 2.27. The van der Waals surface area contributed by atoms with Gasteiger partial charge in [0.1, 0.15) is 5.69 Å². The number of ether oxygens (including phenoxy) is 1. The first kappa shape index (κ1) is 15.6. The average molecular weight is 267 g/mol. The van der Waals surface area contributed by atoms with E-state index in [-0.39, 0.29) is 5.91 Å². The summed E-state index contributed by atoms with van der Waals surface area (Å²) in [4.78, 5) is 12.0. The number of carbonyl (C=O) groups excluding carboxylic acids is 1. The fourth-order valence-electron chi connectivity index (χ4n) is 1.77. The Labute approximate surface area is 115 Å². The van der Waals surface area contributed by atoms with Crippen LogP contribution in [0.5, 0.6) is 0 Å². The van der Waals surface area contributed by atoms with Gasteiger partial charge >= 0.3 is 0 Å². The second kappa shape index (κ2) is 7.84. The fraction of sp³-hybridized carbons (Fsp3) is 0.643. The molecular formula is C14H25N3O2. The van der Waals surface area contributed by atoms with Crippen LogP contribution < -0.4 is 11.1 Å². The minimum absolute atomic E-state index is 0.0811. The number of carbonyl (C=O) groups is 1. The van der Waals surface area contributed by atoms with Crippen LogP contribution in [0.2, 0.25) is 0 Å². The molecule has 1 amide bonds. The SMILES string of the molecule is CCn1cc(N)cc1C(=O)NCCCOCC(C)C. The fourth-order valence-corrected chi connectivity index (χ4v) is 1.77. The second-order valence-electron chi connectivity index (χ2n) is 5.02. The molecule has 0 saturated heterocycles. The van der Waals surface area contributed by atoms with Crippen LogP contribution in [0.1, 0.15) is 37.7 Å². The Morgan fingerprint density at radius 3 is 2.89 bits per heavy atom. The molecule has 0 fully saturated rings. The lowest BCUT2D eigenvalue weighted by Crippen LogP contribution is -2.27. The molecule has 3 N–H and O–H groups in total. The van der Waals surface area contributed by atoms with Crippen LogP contribution in [-0.2, 0) is 11.3 Å². The monoisotopic (exact) mass is 267 g/mol. The highest BCUT2D eigenvalue weighted by molar-refractivity contribution is 5.93. The van der Waals surface area contributed by atoms with Gasteiger partial charge in [0.25, 0.3) is 5.91 Å². The van der Waals surface area contributed by atoms with Crippen molar-refractivity contribution >= 4 is 11.6 Å². The largest absolute Gasteiger partial charge is 0.397 e. The average Bonchev–Trinajstić information content (AvgIpc) is 2.74. The zero-order chi connectivity index (χ0) is 14.3. The van der Waals surface area contributed by atoms with Crippen molar-refractivity contribution in [2.45, 2.75) is 33.7 Å². The number of nitrogen functional groups attached to an aromatic ring is 1. The molecule has 1 aromatic heterocycles. The number of aromatic nitrogens is 1. The third-order valence-electron chi connectivity index (χ3n) is 2.69. The molecule has 108 valence electrons. The van der Waals surface area contributed by atoms with E-state index in [2.05, 4.69) is 19.2 Å². The third-order valence-corrected chi connectivity index (χ3v) is 2.69. The summed E-state index contributed by atoms with van der Waals surface area (Å²) in [7, 11) is 0. The molecule has 0 saturated carbocycles. The Hall–Kier alpha value is -1.49. The molecule has 1 heterocycles. The molecular weight excluding hydrogens is 242 g/mol. The van der Waals surface area contributed by atoms with Crippen molar-refractivity contribution < 1.29 is 9.53 Å². The van der Waals surface area contributed by atoms with E-state index in [1.54, 1.807) is 12.3 Å². The standard InChI is InChI=1S/C14H25N3O2/c1-4-17-9-12(15)8-13(17)14(18)16-6-5-7-19-10-11(2)3/h8-9,11H,4-7,10,15H2,1-3H3,(H,16,18). The van der Waals surface area contributed by atoms with Gasteiger partial charge in [-0.15, -0.1) is 0 Å². The van der Waals surface area contributed by atoms with Crippen LogP contribution >= 0.6 is 0 Å². The molecule has 19 heavy (non-hydrogen) atoms. The maximum atomic E-state index is 12.0. The molecule has 0 bridgehead atoms. The van der Waals surface area contributed by atoms with E-state index in [4.69, 9.17) is 10.5 Å². The van der Waals surface area contributed by atoms with Crippen molar-refractivity contribution in [1.29, 1.82) is 0 Å². The van der Waals surface area contributed by atoms with Gasteiger partial charge in [0.2, 0.25) is 0 Å².